The number of aromatic nitrogens is 2. The zero-order chi connectivity index (χ0) is 17.6. The zero-order valence-electron chi connectivity index (χ0n) is 13.7. The Kier molecular flexibility index (Phi) is 3.91. The van der Waals surface area contributed by atoms with Gasteiger partial charge in [-0.05, 0) is 24.6 Å². The molecule has 0 unspecified atom stereocenters. The SMILES string of the molecule is Cc1cc(F)c(COc2cc3n(c(=O)n2)C[C@@H]2CN3CCO2)cc1F. The van der Waals surface area contributed by atoms with Crippen molar-refractivity contribution < 1.29 is 18.3 Å². The second kappa shape index (κ2) is 6.11. The lowest BCUT2D eigenvalue weighted by molar-refractivity contribution is 0.0195. The van der Waals surface area contributed by atoms with Gasteiger partial charge in [-0.3, -0.25) is 4.57 Å². The van der Waals surface area contributed by atoms with Crippen LogP contribution in [0.3, 0.4) is 0 Å². The molecule has 25 heavy (non-hydrogen) atoms. The Morgan fingerprint density at radius 2 is 2.12 bits per heavy atom. The number of anilines is 1. The van der Waals surface area contributed by atoms with Gasteiger partial charge in [-0.2, -0.15) is 4.98 Å². The Bertz CT molecular complexity index is 884. The van der Waals surface area contributed by atoms with E-state index in [1.807, 2.05) is 4.90 Å². The fourth-order valence-electron chi connectivity index (χ4n) is 3.17. The first-order valence-corrected chi connectivity index (χ1v) is 8.07. The van der Waals surface area contributed by atoms with Crippen molar-refractivity contribution in [1.82, 2.24) is 9.55 Å². The maximum atomic E-state index is 13.9. The number of hydrogen-bond donors (Lipinski definition) is 0. The van der Waals surface area contributed by atoms with Gasteiger partial charge in [0.1, 0.15) is 24.1 Å². The quantitative estimate of drug-likeness (QED) is 0.843. The van der Waals surface area contributed by atoms with Crippen LogP contribution in [0.5, 0.6) is 5.88 Å². The van der Waals surface area contributed by atoms with Crippen LogP contribution in [0.15, 0.2) is 23.0 Å². The highest BCUT2D eigenvalue weighted by Crippen LogP contribution is 2.26. The van der Waals surface area contributed by atoms with Crippen LogP contribution < -0.4 is 15.3 Å². The number of nitrogens with zero attached hydrogens (tertiary/aromatic N) is 3. The Morgan fingerprint density at radius 1 is 1.28 bits per heavy atom. The van der Waals surface area contributed by atoms with E-state index >= 15 is 0 Å². The summed E-state index contributed by atoms with van der Waals surface area (Å²) >= 11 is 0. The molecule has 2 aliphatic rings. The molecule has 1 atom stereocenters. The fourth-order valence-corrected chi connectivity index (χ4v) is 3.17. The molecular formula is C17H17F2N3O3. The molecule has 2 aromatic rings. The summed E-state index contributed by atoms with van der Waals surface area (Å²) in [6.45, 7) is 3.73. The van der Waals surface area contributed by atoms with E-state index < -0.39 is 17.3 Å². The minimum Gasteiger partial charge on any atom is -0.472 e. The molecule has 2 bridgehead atoms. The molecule has 3 heterocycles. The number of rotatable bonds is 3. The molecule has 1 aromatic heterocycles. The van der Waals surface area contributed by atoms with Gasteiger partial charge in [0, 0.05) is 24.7 Å². The molecular weight excluding hydrogens is 332 g/mol. The van der Waals surface area contributed by atoms with Gasteiger partial charge < -0.3 is 14.4 Å². The number of fused-ring (bicyclic) bond motifs is 4. The number of benzene rings is 1. The first-order chi connectivity index (χ1) is 12.0. The third-order valence-electron chi connectivity index (χ3n) is 4.52. The van der Waals surface area contributed by atoms with Crippen LogP contribution in [0.2, 0.25) is 0 Å². The second-order valence-electron chi connectivity index (χ2n) is 6.27. The maximum Gasteiger partial charge on any atom is 0.352 e. The van der Waals surface area contributed by atoms with Crippen molar-refractivity contribution in [1.29, 1.82) is 0 Å². The first kappa shape index (κ1) is 16.0. The molecule has 1 saturated heterocycles. The number of ether oxygens (including phenoxy) is 2. The third kappa shape index (κ3) is 2.97. The van der Waals surface area contributed by atoms with Gasteiger partial charge >= 0.3 is 5.69 Å². The lowest BCUT2D eigenvalue weighted by atomic mass is 10.1. The molecule has 0 saturated carbocycles. The van der Waals surface area contributed by atoms with Gasteiger partial charge in [0.05, 0.1) is 19.3 Å². The number of hydrogen-bond acceptors (Lipinski definition) is 5. The van der Waals surface area contributed by atoms with Crippen LogP contribution in [-0.2, 0) is 17.9 Å². The Balaban J connectivity index is 1.59. The second-order valence-corrected chi connectivity index (χ2v) is 6.27. The molecule has 6 nitrogen and oxygen atoms in total. The largest absolute Gasteiger partial charge is 0.472 e. The van der Waals surface area contributed by atoms with Crippen LogP contribution in [0.1, 0.15) is 11.1 Å². The number of halogens is 2. The monoisotopic (exact) mass is 349 g/mol. The van der Waals surface area contributed by atoms with E-state index in [-0.39, 0.29) is 29.7 Å². The maximum absolute atomic E-state index is 13.9. The summed E-state index contributed by atoms with van der Waals surface area (Å²) in [4.78, 5) is 18.2. The molecule has 132 valence electrons. The molecule has 1 aromatic carbocycles. The molecule has 2 aliphatic heterocycles. The van der Waals surface area contributed by atoms with Crippen LogP contribution in [-0.4, -0.2) is 35.4 Å². The van der Waals surface area contributed by atoms with Crippen molar-refractivity contribution in [2.75, 3.05) is 24.6 Å². The third-order valence-corrected chi connectivity index (χ3v) is 4.52. The number of aryl methyl sites for hydroxylation is 1. The summed E-state index contributed by atoms with van der Waals surface area (Å²) in [7, 11) is 0. The Labute approximate surface area is 142 Å². The van der Waals surface area contributed by atoms with Crippen molar-refractivity contribution in [2.24, 2.45) is 0 Å². The van der Waals surface area contributed by atoms with E-state index in [0.717, 1.165) is 12.1 Å². The topological polar surface area (TPSA) is 56.6 Å². The molecule has 1 fully saturated rings. The Morgan fingerprint density at radius 3 is 2.96 bits per heavy atom. The van der Waals surface area contributed by atoms with Crippen molar-refractivity contribution in [3.05, 3.63) is 51.4 Å². The predicted octanol–water partition coefficient (Wildman–Crippen LogP) is 1.63. The van der Waals surface area contributed by atoms with Gasteiger partial charge in [0.25, 0.3) is 0 Å². The highest BCUT2D eigenvalue weighted by atomic mass is 19.1. The summed E-state index contributed by atoms with van der Waals surface area (Å²) in [5.74, 6) is -0.242. The van der Waals surface area contributed by atoms with E-state index in [1.54, 1.807) is 10.6 Å². The van der Waals surface area contributed by atoms with Gasteiger partial charge in [0.2, 0.25) is 5.88 Å². The van der Waals surface area contributed by atoms with E-state index in [0.29, 0.717) is 32.1 Å². The summed E-state index contributed by atoms with van der Waals surface area (Å²) < 4.78 is 40.1. The summed E-state index contributed by atoms with van der Waals surface area (Å²) in [6, 6.07) is 3.88. The van der Waals surface area contributed by atoms with Gasteiger partial charge in [-0.25, -0.2) is 13.6 Å². The smallest absolute Gasteiger partial charge is 0.352 e. The molecule has 0 aliphatic carbocycles. The van der Waals surface area contributed by atoms with Crippen LogP contribution in [0.25, 0.3) is 0 Å². The van der Waals surface area contributed by atoms with Crippen LogP contribution in [0.4, 0.5) is 14.6 Å². The molecule has 8 heteroatoms. The summed E-state index contributed by atoms with van der Waals surface area (Å²) in [5, 5.41) is 0. The average molecular weight is 349 g/mol. The van der Waals surface area contributed by atoms with Gasteiger partial charge in [0.15, 0.2) is 0 Å². The van der Waals surface area contributed by atoms with E-state index in [4.69, 9.17) is 9.47 Å². The highest BCUT2D eigenvalue weighted by molar-refractivity contribution is 5.44. The van der Waals surface area contributed by atoms with E-state index in [2.05, 4.69) is 4.98 Å². The van der Waals surface area contributed by atoms with Crippen LogP contribution >= 0.6 is 0 Å². The van der Waals surface area contributed by atoms with Crippen molar-refractivity contribution in [3.63, 3.8) is 0 Å². The van der Waals surface area contributed by atoms with Crippen molar-refractivity contribution in [3.8, 4) is 5.88 Å². The standard InChI is InChI=1S/C17H17F2N3O3/c1-10-4-14(19)11(5-13(10)18)9-25-15-6-16-21-2-3-24-12(7-21)8-22(16)17(23)20-15/h4-6,12H,2-3,7-9H2,1H3/t12-/m0/s1. The van der Waals surface area contributed by atoms with Gasteiger partial charge in [-0.1, -0.05) is 0 Å². The molecule has 0 amide bonds. The molecule has 4 rings (SSSR count). The lowest BCUT2D eigenvalue weighted by Crippen LogP contribution is -2.52. The molecule has 0 radical (unpaired) electrons. The normalized spacial score (nSPS) is 18.8. The predicted molar refractivity (Wildman–Crippen MR) is 85.9 cm³/mol. The summed E-state index contributed by atoms with van der Waals surface area (Å²) in [5.41, 5.74) is -0.134. The first-order valence-electron chi connectivity index (χ1n) is 8.07. The highest BCUT2D eigenvalue weighted by Gasteiger charge is 2.30. The zero-order valence-corrected chi connectivity index (χ0v) is 13.7. The minimum absolute atomic E-state index is 0.0165. The van der Waals surface area contributed by atoms with Crippen molar-refractivity contribution >= 4 is 5.82 Å². The van der Waals surface area contributed by atoms with Crippen LogP contribution in [0, 0.1) is 18.6 Å². The van der Waals surface area contributed by atoms with E-state index in [9.17, 15) is 13.6 Å². The number of morpholine rings is 1. The Hall–Kier alpha value is -2.48. The van der Waals surface area contributed by atoms with Gasteiger partial charge in [-0.15, -0.1) is 0 Å². The summed E-state index contributed by atoms with van der Waals surface area (Å²) in [6.07, 6.45) is -0.0165. The molecule has 0 spiro atoms. The van der Waals surface area contributed by atoms with E-state index in [1.165, 1.54) is 6.92 Å². The fraction of sp³-hybridized carbons (Fsp3) is 0.412. The molecule has 0 N–H and O–H groups in total. The minimum atomic E-state index is -0.551. The lowest BCUT2D eigenvalue weighted by Gasteiger charge is -2.40. The average Bonchev–Trinajstić information content (AvgIpc) is 2.58. The van der Waals surface area contributed by atoms with Crippen molar-refractivity contribution in [2.45, 2.75) is 26.2 Å².